The minimum atomic E-state index is -0.384. The molecule has 0 saturated heterocycles. The van der Waals surface area contributed by atoms with Crippen LogP contribution in [0, 0.1) is 11.3 Å². The maximum atomic E-state index is 9.24. The second-order valence-corrected chi connectivity index (χ2v) is 4.03. The molecule has 0 radical (unpaired) electrons. The zero-order chi connectivity index (χ0) is 13.5. The summed E-state index contributed by atoms with van der Waals surface area (Å²) in [5, 5.41) is 12.4. The Morgan fingerprint density at radius 2 is 2.26 bits per heavy atom. The van der Waals surface area contributed by atoms with Crippen LogP contribution in [0.5, 0.6) is 5.75 Å². The summed E-state index contributed by atoms with van der Waals surface area (Å²) >= 11 is 0. The molecule has 0 spiro atoms. The van der Waals surface area contributed by atoms with Crippen LogP contribution >= 0.6 is 0 Å². The highest BCUT2D eigenvalue weighted by atomic mass is 16.5. The van der Waals surface area contributed by atoms with Gasteiger partial charge in [0.1, 0.15) is 17.6 Å². The third kappa shape index (κ3) is 3.60. The molecule has 98 valence electrons. The van der Waals surface area contributed by atoms with E-state index in [2.05, 4.69) is 11.4 Å². The SMILES string of the molecule is CCOc1cccc(C(C#N)NCc2ccco2)c1. The normalized spacial score (nSPS) is 11.8. The van der Waals surface area contributed by atoms with E-state index >= 15 is 0 Å². The van der Waals surface area contributed by atoms with E-state index in [1.807, 2.05) is 43.3 Å². The molecule has 1 heterocycles. The summed E-state index contributed by atoms with van der Waals surface area (Å²) in [6.07, 6.45) is 1.62. The molecule has 1 aromatic heterocycles. The van der Waals surface area contributed by atoms with Crippen molar-refractivity contribution in [3.63, 3.8) is 0 Å². The molecule has 0 amide bonds. The van der Waals surface area contributed by atoms with Crippen molar-refractivity contribution in [2.75, 3.05) is 6.61 Å². The lowest BCUT2D eigenvalue weighted by Crippen LogP contribution is -2.19. The van der Waals surface area contributed by atoms with Gasteiger partial charge in [-0.2, -0.15) is 5.26 Å². The molecule has 0 aliphatic rings. The second kappa shape index (κ2) is 6.62. The van der Waals surface area contributed by atoms with Gasteiger partial charge in [0.15, 0.2) is 0 Å². The number of furan rings is 1. The van der Waals surface area contributed by atoms with Crippen molar-refractivity contribution in [1.82, 2.24) is 5.32 Å². The molecule has 0 bridgehead atoms. The van der Waals surface area contributed by atoms with Crippen molar-refractivity contribution in [2.24, 2.45) is 0 Å². The van der Waals surface area contributed by atoms with E-state index in [4.69, 9.17) is 9.15 Å². The first kappa shape index (κ1) is 13.2. The van der Waals surface area contributed by atoms with Crippen LogP contribution in [0.1, 0.15) is 24.3 Å². The van der Waals surface area contributed by atoms with E-state index in [-0.39, 0.29) is 6.04 Å². The van der Waals surface area contributed by atoms with E-state index in [0.29, 0.717) is 13.2 Å². The Morgan fingerprint density at radius 1 is 1.37 bits per heavy atom. The van der Waals surface area contributed by atoms with Gasteiger partial charge in [0.25, 0.3) is 0 Å². The van der Waals surface area contributed by atoms with Crippen LogP contribution in [0.25, 0.3) is 0 Å². The number of rotatable bonds is 6. The maximum absolute atomic E-state index is 9.24. The summed E-state index contributed by atoms with van der Waals surface area (Å²) in [4.78, 5) is 0. The number of hydrogen-bond donors (Lipinski definition) is 1. The Kier molecular flexibility index (Phi) is 4.60. The number of nitrogens with one attached hydrogen (secondary N) is 1. The molecule has 4 nitrogen and oxygen atoms in total. The Hall–Kier alpha value is -2.25. The number of nitriles is 1. The Balaban J connectivity index is 2.04. The summed E-state index contributed by atoms with van der Waals surface area (Å²) in [5.74, 6) is 1.58. The standard InChI is InChI=1S/C15H16N2O2/c1-2-18-13-6-3-5-12(9-13)15(10-16)17-11-14-7-4-8-19-14/h3-9,15,17H,2,11H2,1H3. The van der Waals surface area contributed by atoms with Gasteiger partial charge in [-0.15, -0.1) is 0 Å². The molecule has 1 aromatic carbocycles. The van der Waals surface area contributed by atoms with Crippen LogP contribution in [0.15, 0.2) is 47.1 Å². The molecule has 2 rings (SSSR count). The predicted octanol–water partition coefficient (Wildman–Crippen LogP) is 3.03. The van der Waals surface area contributed by atoms with Gasteiger partial charge in [0.05, 0.1) is 25.5 Å². The Bertz CT molecular complexity index is 544. The monoisotopic (exact) mass is 256 g/mol. The zero-order valence-corrected chi connectivity index (χ0v) is 10.8. The first-order valence-corrected chi connectivity index (χ1v) is 6.21. The smallest absolute Gasteiger partial charge is 0.121 e. The van der Waals surface area contributed by atoms with Crippen LogP contribution < -0.4 is 10.1 Å². The van der Waals surface area contributed by atoms with E-state index in [1.54, 1.807) is 6.26 Å². The topological polar surface area (TPSA) is 58.2 Å². The van der Waals surface area contributed by atoms with E-state index in [1.165, 1.54) is 0 Å². The zero-order valence-electron chi connectivity index (χ0n) is 10.8. The minimum absolute atomic E-state index is 0.384. The molecule has 2 aromatic rings. The van der Waals surface area contributed by atoms with Gasteiger partial charge in [-0.3, -0.25) is 5.32 Å². The molecule has 0 aliphatic carbocycles. The molecule has 0 fully saturated rings. The quantitative estimate of drug-likeness (QED) is 0.863. The molecule has 0 saturated carbocycles. The van der Waals surface area contributed by atoms with Crippen LogP contribution in [-0.4, -0.2) is 6.61 Å². The Labute approximate surface area is 112 Å². The van der Waals surface area contributed by atoms with Crippen molar-refractivity contribution in [2.45, 2.75) is 19.5 Å². The van der Waals surface area contributed by atoms with E-state index in [9.17, 15) is 5.26 Å². The fraction of sp³-hybridized carbons (Fsp3) is 0.267. The second-order valence-electron chi connectivity index (χ2n) is 4.03. The third-order valence-corrected chi connectivity index (χ3v) is 2.69. The first-order chi connectivity index (χ1) is 9.33. The fourth-order valence-electron chi connectivity index (χ4n) is 1.80. The predicted molar refractivity (Wildman–Crippen MR) is 71.5 cm³/mol. The summed E-state index contributed by atoms with van der Waals surface area (Å²) < 4.78 is 10.7. The maximum Gasteiger partial charge on any atom is 0.121 e. The number of benzene rings is 1. The highest BCUT2D eigenvalue weighted by Gasteiger charge is 2.11. The molecule has 1 atom stereocenters. The molecule has 1 unspecified atom stereocenters. The van der Waals surface area contributed by atoms with E-state index < -0.39 is 0 Å². The van der Waals surface area contributed by atoms with Gasteiger partial charge in [-0.25, -0.2) is 0 Å². The van der Waals surface area contributed by atoms with Crippen LogP contribution in [0.4, 0.5) is 0 Å². The van der Waals surface area contributed by atoms with Crippen LogP contribution in [-0.2, 0) is 6.54 Å². The van der Waals surface area contributed by atoms with Gasteiger partial charge < -0.3 is 9.15 Å². The average molecular weight is 256 g/mol. The van der Waals surface area contributed by atoms with Crippen molar-refractivity contribution >= 4 is 0 Å². The first-order valence-electron chi connectivity index (χ1n) is 6.21. The molecule has 4 heteroatoms. The number of hydrogen-bond acceptors (Lipinski definition) is 4. The third-order valence-electron chi connectivity index (χ3n) is 2.69. The Morgan fingerprint density at radius 3 is 2.95 bits per heavy atom. The summed E-state index contributed by atoms with van der Waals surface area (Å²) in [6, 6.07) is 13.1. The molecule has 0 aliphatic heterocycles. The van der Waals surface area contributed by atoms with E-state index in [0.717, 1.165) is 17.1 Å². The van der Waals surface area contributed by atoms with Gasteiger partial charge >= 0.3 is 0 Å². The van der Waals surface area contributed by atoms with Gasteiger partial charge in [-0.1, -0.05) is 12.1 Å². The van der Waals surface area contributed by atoms with Gasteiger partial charge in [0, 0.05) is 0 Å². The van der Waals surface area contributed by atoms with Crippen LogP contribution in [0.3, 0.4) is 0 Å². The van der Waals surface area contributed by atoms with Crippen molar-refractivity contribution < 1.29 is 9.15 Å². The molecular formula is C15H16N2O2. The number of ether oxygens (including phenoxy) is 1. The van der Waals surface area contributed by atoms with Gasteiger partial charge in [0.2, 0.25) is 0 Å². The summed E-state index contributed by atoms with van der Waals surface area (Å²) in [6.45, 7) is 3.06. The molecular weight excluding hydrogens is 240 g/mol. The minimum Gasteiger partial charge on any atom is -0.494 e. The number of nitrogens with zero attached hydrogens (tertiary/aromatic N) is 1. The largest absolute Gasteiger partial charge is 0.494 e. The molecule has 1 N–H and O–H groups in total. The lowest BCUT2D eigenvalue weighted by atomic mass is 10.1. The lowest BCUT2D eigenvalue weighted by Gasteiger charge is -2.12. The summed E-state index contributed by atoms with van der Waals surface area (Å²) in [5.41, 5.74) is 0.889. The molecule has 19 heavy (non-hydrogen) atoms. The highest BCUT2D eigenvalue weighted by Crippen LogP contribution is 2.19. The van der Waals surface area contributed by atoms with Crippen molar-refractivity contribution in [3.8, 4) is 11.8 Å². The summed E-state index contributed by atoms with van der Waals surface area (Å²) in [7, 11) is 0. The van der Waals surface area contributed by atoms with Gasteiger partial charge in [-0.05, 0) is 36.8 Å². The average Bonchev–Trinajstić information content (AvgIpc) is 2.94. The fourth-order valence-corrected chi connectivity index (χ4v) is 1.80. The lowest BCUT2D eigenvalue weighted by molar-refractivity contribution is 0.339. The van der Waals surface area contributed by atoms with Crippen LogP contribution in [0.2, 0.25) is 0 Å². The highest BCUT2D eigenvalue weighted by molar-refractivity contribution is 5.33. The van der Waals surface area contributed by atoms with Crippen molar-refractivity contribution in [3.05, 3.63) is 54.0 Å². The van der Waals surface area contributed by atoms with Crippen molar-refractivity contribution in [1.29, 1.82) is 5.26 Å².